The molecular weight excluding hydrogens is 344 g/mol. The summed E-state index contributed by atoms with van der Waals surface area (Å²) < 4.78 is 4.73. The van der Waals surface area contributed by atoms with Crippen molar-refractivity contribution in [2.75, 3.05) is 23.9 Å². The molecular formula is C18H17ClN2O4. The standard InChI is InChI=1S/C18H17ClN2O4/c1-12(22)21(16-9-4-3-8-15(16)18(24)25-2)11-17(23)20-14-7-5-6-13(19)10-14/h3-10H,11H2,1-2H3,(H,20,23). The van der Waals surface area contributed by atoms with Crippen molar-refractivity contribution >= 4 is 40.8 Å². The molecule has 0 aliphatic rings. The number of nitrogens with one attached hydrogen (secondary N) is 1. The summed E-state index contributed by atoms with van der Waals surface area (Å²) in [4.78, 5) is 37.4. The van der Waals surface area contributed by atoms with Crippen LogP contribution in [0, 0.1) is 0 Å². The molecule has 6 nitrogen and oxygen atoms in total. The molecule has 0 aromatic heterocycles. The highest BCUT2D eigenvalue weighted by Crippen LogP contribution is 2.22. The number of esters is 1. The highest BCUT2D eigenvalue weighted by molar-refractivity contribution is 6.30. The zero-order valence-corrected chi connectivity index (χ0v) is 14.5. The van der Waals surface area contributed by atoms with Gasteiger partial charge < -0.3 is 15.0 Å². The fourth-order valence-corrected chi connectivity index (χ4v) is 2.46. The monoisotopic (exact) mass is 360 g/mol. The fraction of sp³-hybridized carbons (Fsp3) is 0.167. The molecule has 0 heterocycles. The van der Waals surface area contributed by atoms with Crippen LogP contribution in [-0.4, -0.2) is 31.4 Å². The quantitative estimate of drug-likeness (QED) is 0.831. The zero-order valence-electron chi connectivity index (χ0n) is 13.8. The lowest BCUT2D eigenvalue weighted by molar-refractivity contribution is -0.120. The molecule has 0 radical (unpaired) electrons. The normalized spacial score (nSPS) is 10.0. The number of ether oxygens (including phenoxy) is 1. The summed E-state index contributed by atoms with van der Waals surface area (Å²) in [6.07, 6.45) is 0. The average molecular weight is 361 g/mol. The molecule has 2 aromatic rings. The summed E-state index contributed by atoms with van der Waals surface area (Å²) in [7, 11) is 1.25. The van der Waals surface area contributed by atoms with E-state index in [0.29, 0.717) is 16.4 Å². The molecule has 1 N–H and O–H groups in total. The summed E-state index contributed by atoms with van der Waals surface area (Å²) in [5.74, 6) is -1.38. The number of rotatable bonds is 5. The van der Waals surface area contributed by atoms with Gasteiger partial charge >= 0.3 is 5.97 Å². The highest BCUT2D eigenvalue weighted by Gasteiger charge is 2.22. The van der Waals surface area contributed by atoms with E-state index < -0.39 is 11.9 Å². The predicted molar refractivity (Wildman–Crippen MR) is 95.9 cm³/mol. The van der Waals surface area contributed by atoms with Crippen LogP contribution < -0.4 is 10.2 Å². The molecule has 0 aliphatic heterocycles. The van der Waals surface area contributed by atoms with Crippen molar-refractivity contribution < 1.29 is 19.1 Å². The number of nitrogens with zero attached hydrogens (tertiary/aromatic N) is 1. The van der Waals surface area contributed by atoms with Gasteiger partial charge in [-0.15, -0.1) is 0 Å². The molecule has 0 aliphatic carbocycles. The Balaban J connectivity index is 2.23. The van der Waals surface area contributed by atoms with Crippen LogP contribution in [0.2, 0.25) is 5.02 Å². The number of hydrogen-bond acceptors (Lipinski definition) is 4. The van der Waals surface area contributed by atoms with Crippen molar-refractivity contribution in [3.05, 3.63) is 59.1 Å². The van der Waals surface area contributed by atoms with Crippen LogP contribution in [0.3, 0.4) is 0 Å². The summed E-state index contributed by atoms with van der Waals surface area (Å²) in [6, 6.07) is 13.1. The van der Waals surface area contributed by atoms with Crippen LogP contribution >= 0.6 is 11.6 Å². The number of hydrogen-bond donors (Lipinski definition) is 1. The molecule has 0 fully saturated rings. The molecule has 7 heteroatoms. The SMILES string of the molecule is COC(=O)c1ccccc1N(CC(=O)Nc1cccc(Cl)c1)C(C)=O. The van der Waals surface area contributed by atoms with Crippen molar-refractivity contribution in [2.45, 2.75) is 6.92 Å². The number of amides is 2. The van der Waals surface area contributed by atoms with Crippen molar-refractivity contribution in [1.82, 2.24) is 0 Å². The average Bonchev–Trinajstić information content (AvgIpc) is 2.59. The number of methoxy groups -OCH3 is 1. The maximum absolute atomic E-state index is 12.3. The minimum absolute atomic E-state index is 0.204. The van der Waals surface area contributed by atoms with Crippen molar-refractivity contribution in [2.24, 2.45) is 0 Å². The van der Waals surface area contributed by atoms with Gasteiger partial charge in [-0.3, -0.25) is 9.59 Å². The van der Waals surface area contributed by atoms with Gasteiger partial charge in [-0.05, 0) is 30.3 Å². The number of para-hydroxylation sites is 1. The van der Waals surface area contributed by atoms with E-state index in [-0.39, 0.29) is 18.0 Å². The molecule has 0 spiro atoms. The van der Waals surface area contributed by atoms with E-state index in [0.717, 1.165) is 0 Å². The van der Waals surface area contributed by atoms with Gasteiger partial charge in [0.1, 0.15) is 6.54 Å². The van der Waals surface area contributed by atoms with Crippen LogP contribution in [-0.2, 0) is 14.3 Å². The highest BCUT2D eigenvalue weighted by atomic mass is 35.5. The Morgan fingerprint density at radius 2 is 1.84 bits per heavy atom. The number of benzene rings is 2. The third-order valence-electron chi connectivity index (χ3n) is 3.39. The van der Waals surface area contributed by atoms with Crippen molar-refractivity contribution in [1.29, 1.82) is 0 Å². The molecule has 2 aromatic carbocycles. The molecule has 0 unspecified atom stereocenters. The summed E-state index contributed by atoms with van der Waals surface area (Å²) in [6.45, 7) is 1.07. The van der Waals surface area contributed by atoms with E-state index in [4.69, 9.17) is 16.3 Å². The molecule has 2 rings (SSSR count). The maximum atomic E-state index is 12.3. The van der Waals surface area contributed by atoms with Gasteiger partial charge in [0.05, 0.1) is 18.4 Å². The van der Waals surface area contributed by atoms with Gasteiger partial charge in [0.2, 0.25) is 11.8 Å². The van der Waals surface area contributed by atoms with Crippen molar-refractivity contribution in [3.8, 4) is 0 Å². The first kappa shape index (κ1) is 18.5. The molecule has 0 saturated carbocycles. The number of anilines is 2. The summed E-state index contributed by atoms with van der Waals surface area (Å²) in [5.41, 5.74) is 1.03. The van der Waals surface area contributed by atoms with Crippen LogP contribution in [0.4, 0.5) is 11.4 Å². The Bertz CT molecular complexity index is 807. The minimum Gasteiger partial charge on any atom is -0.465 e. The summed E-state index contributed by atoms with van der Waals surface area (Å²) >= 11 is 5.88. The molecule has 130 valence electrons. The van der Waals surface area contributed by atoms with E-state index >= 15 is 0 Å². The lowest BCUT2D eigenvalue weighted by atomic mass is 10.1. The van der Waals surface area contributed by atoms with Gasteiger partial charge in [-0.1, -0.05) is 29.8 Å². The Labute approximate surface area is 150 Å². The smallest absolute Gasteiger partial charge is 0.339 e. The van der Waals surface area contributed by atoms with Crippen LogP contribution in [0.15, 0.2) is 48.5 Å². The molecule has 0 atom stereocenters. The van der Waals surface area contributed by atoms with E-state index in [9.17, 15) is 14.4 Å². The fourth-order valence-electron chi connectivity index (χ4n) is 2.27. The van der Waals surface area contributed by atoms with E-state index in [1.165, 1.54) is 25.0 Å². The van der Waals surface area contributed by atoms with Crippen LogP contribution in [0.1, 0.15) is 17.3 Å². The predicted octanol–water partition coefficient (Wildman–Crippen LogP) is 3.12. The molecule has 2 amide bonds. The number of carbonyl (C=O) groups is 3. The minimum atomic E-state index is -0.586. The largest absolute Gasteiger partial charge is 0.465 e. The Hall–Kier alpha value is -2.86. The third kappa shape index (κ3) is 4.81. The zero-order chi connectivity index (χ0) is 18.4. The maximum Gasteiger partial charge on any atom is 0.339 e. The van der Waals surface area contributed by atoms with Crippen molar-refractivity contribution in [3.63, 3.8) is 0 Å². The number of carbonyl (C=O) groups excluding carboxylic acids is 3. The Morgan fingerprint density at radius 3 is 2.48 bits per heavy atom. The second-order valence-corrected chi connectivity index (χ2v) is 5.61. The van der Waals surface area contributed by atoms with Gasteiger partial charge in [0.15, 0.2) is 0 Å². The Morgan fingerprint density at radius 1 is 1.12 bits per heavy atom. The van der Waals surface area contributed by atoms with E-state index in [2.05, 4.69) is 5.32 Å². The first-order valence-corrected chi connectivity index (χ1v) is 7.81. The van der Waals surface area contributed by atoms with Gasteiger partial charge in [-0.2, -0.15) is 0 Å². The van der Waals surface area contributed by atoms with Gasteiger partial charge in [0.25, 0.3) is 0 Å². The van der Waals surface area contributed by atoms with E-state index in [1.54, 1.807) is 42.5 Å². The van der Waals surface area contributed by atoms with E-state index in [1.807, 2.05) is 0 Å². The van der Waals surface area contributed by atoms with Gasteiger partial charge in [-0.25, -0.2) is 4.79 Å². The lowest BCUT2D eigenvalue weighted by Gasteiger charge is -2.22. The second-order valence-electron chi connectivity index (χ2n) is 5.17. The first-order chi connectivity index (χ1) is 11.9. The Kier molecular flexibility index (Phi) is 6.14. The van der Waals surface area contributed by atoms with Crippen LogP contribution in [0.25, 0.3) is 0 Å². The third-order valence-corrected chi connectivity index (χ3v) is 3.63. The summed E-state index contributed by atoms with van der Waals surface area (Å²) in [5, 5.41) is 3.15. The topological polar surface area (TPSA) is 75.7 Å². The second kappa shape index (κ2) is 8.30. The van der Waals surface area contributed by atoms with Gasteiger partial charge in [0, 0.05) is 17.6 Å². The first-order valence-electron chi connectivity index (χ1n) is 7.43. The molecule has 0 bridgehead atoms. The molecule has 25 heavy (non-hydrogen) atoms. The molecule has 0 saturated heterocycles. The number of halogens is 1. The lowest BCUT2D eigenvalue weighted by Crippen LogP contribution is -2.37. The van der Waals surface area contributed by atoms with Crippen LogP contribution in [0.5, 0.6) is 0 Å².